The van der Waals surface area contributed by atoms with E-state index in [-0.39, 0.29) is 23.4 Å². The van der Waals surface area contributed by atoms with Crippen LogP contribution in [-0.4, -0.2) is 72.2 Å². The summed E-state index contributed by atoms with van der Waals surface area (Å²) < 4.78 is 26.7. The molecule has 6 unspecified atom stereocenters. The van der Waals surface area contributed by atoms with E-state index in [1.165, 1.54) is 6.92 Å². The quantitative estimate of drug-likeness (QED) is 0.339. The lowest BCUT2D eigenvalue weighted by Crippen LogP contribution is -2.62. The largest absolute Gasteiger partial charge is 0.463 e. The SMILES string of the molecule is CC(=O)N[C@@H]1CCC(c2ccc(C(=O)OC3OC(COC(C)=O)C(O)C(OC(C)=O)C3OC(C)=O)cc2)c2ccccc21. The standard InChI is InChI=1S/C31H35NO11/c1-16(33)32-25-14-13-22(23-7-5-6-8-24(23)25)20-9-11-21(12-10-20)30(38)43-31-29(41-19(4)36)28(40-18(3)35)27(37)26(42-31)15-39-17(2)34/h5-12,22,25-29,31,37H,13-15H2,1-4H3,(H,32,33)/t22?,25-,26?,27?,28?,29?,31?/m1/s1. The van der Waals surface area contributed by atoms with Crippen molar-refractivity contribution in [2.75, 3.05) is 6.61 Å². The first-order valence-electron chi connectivity index (χ1n) is 13.9. The fourth-order valence-corrected chi connectivity index (χ4v) is 5.52. The summed E-state index contributed by atoms with van der Waals surface area (Å²) in [6.45, 7) is 4.42. The minimum absolute atomic E-state index is 0.0503. The van der Waals surface area contributed by atoms with Crippen molar-refractivity contribution in [1.29, 1.82) is 0 Å². The third kappa shape index (κ3) is 7.76. The van der Waals surface area contributed by atoms with Crippen molar-refractivity contribution in [3.8, 4) is 0 Å². The number of fused-ring (bicyclic) bond motifs is 1. The lowest BCUT2D eigenvalue weighted by Gasteiger charge is -2.42. The molecule has 0 aromatic heterocycles. The molecule has 230 valence electrons. The Morgan fingerprint density at radius 2 is 1.44 bits per heavy atom. The summed E-state index contributed by atoms with van der Waals surface area (Å²) in [6.07, 6.45) is -5.84. The zero-order chi connectivity index (χ0) is 31.3. The molecule has 12 nitrogen and oxygen atoms in total. The molecule has 0 radical (unpaired) electrons. The molecule has 1 aliphatic carbocycles. The van der Waals surface area contributed by atoms with E-state index in [1.54, 1.807) is 12.1 Å². The number of aliphatic hydroxyl groups excluding tert-OH is 1. The van der Waals surface area contributed by atoms with Gasteiger partial charge in [0.25, 0.3) is 0 Å². The molecule has 2 aliphatic rings. The fourth-order valence-electron chi connectivity index (χ4n) is 5.52. The Kier molecular flexibility index (Phi) is 10.1. The molecule has 0 bridgehead atoms. The highest BCUT2D eigenvalue weighted by molar-refractivity contribution is 5.89. The Bertz CT molecular complexity index is 1360. The fraction of sp³-hybridized carbons (Fsp3) is 0.452. The van der Waals surface area contributed by atoms with E-state index in [0.717, 1.165) is 50.3 Å². The predicted molar refractivity (Wildman–Crippen MR) is 148 cm³/mol. The number of benzene rings is 2. The van der Waals surface area contributed by atoms with Crippen LogP contribution in [0.5, 0.6) is 0 Å². The summed E-state index contributed by atoms with van der Waals surface area (Å²) in [7, 11) is 0. The van der Waals surface area contributed by atoms with Crippen LogP contribution in [0.3, 0.4) is 0 Å². The van der Waals surface area contributed by atoms with E-state index in [0.29, 0.717) is 0 Å². The normalized spacial score (nSPS) is 26.3. The number of esters is 4. The second-order valence-electron chi connectivity index (χ2n) is 10.5. The highest BCUT2D eigenvalue weighted by atomic mass is 16.7. The molecule has 7 atom stereocenters. The molecule has 2 aromatic carbocycles. The number of ether oxygens (including phenoxy) is 5. The van der Waals surface area contributed by atoms with Gasteiger partial charge in [0.1, 0.15) is 18.8 Å². The molecule has 2 aromatic rings. The first kappa shape index (κ1) is 31.6. The van der Waals surface area contributed by atoms with Crippen LogP contribution >= 0.6 is 0 Å². The number of aliphatic hydroxyl groups is 1. The summed E-state index contributed by atoms with van der Waals surface area (Å²) in [4.78, 5) is 59.9. The maximum absolute atomic E-state index is 13.2. The first-order chi connectivity index (χ1) is 20.4. The zero-order valence-electron chi connectivity index (χ0n) is 24.3. The van der Waals surface area contributed by atoms with Gasteiger partial charge in [-0.2, -0.15) is 0 Å². The van der Waals surface area contributed by atoms with Crippen molar-refractivity contribution < 1.29 is 52.8 Å². The van der Waals surface area contributed by atoms with E-state index >= 15 is 0 Å². The second-order valence-corrected chi connectivity index (χ2v) is 10.5. The summed E-state index contributed by atoms with van der Waals surface area (Å²) in [5.74, 6) is -3.10. The number of hydrogen-bond donors (Lipinski definition) is 2. The third-order valence-corrected chi connectivity index (χ3v) is 7.31. The van der Waals surface area contributed by atoms with Crippen LogP contribution in [-0.2, 0) is 42.9 Å². The Labute approximate surface area is 248 Å². The first-order valence-corrected chi connectivity index (χ1v) is 13.9. The molecule has 0 spiro atoms. The number of hydrogen-bond acceptors (Lipinski definition) is 11. The van der Waals surface area contributed by atoms with Crippen LogP contribution in [0.4, 0.5) is 0 Å². The van der Waals surface area contributed by atoms with Crippen LogP contribution < -0.4 is 5.32 Å². The number of nitrogens with one attached hydrogen (secondary N) is 1. The van der Waals surface area contributed by atoms with Gasteiger partial charge in [0.15, 0.2) is 6.10 Å². The second kappa shape index (κ2) is 13.8. The summed E-state index contributed by atoms with van der Waals surface area (Å²) in [6, 6.07) is 14.7. The molecule has 0 saturated carbocycles. The van der Waals surface area contributed by atoms with Crippen molar-refractivity contribution in [1.82, 2.24) is 5.32 Å². The summed E-state index contributed by atoms with van der Waals surface area (Å²) in [5.41, 5.74) is 3.28. The number of amides is 1. The van der Waals surface area contributed by atoms with Gasteiger partial charge in [0, 0.05) is 33.6 Å². The molecular weight excluding hydrogens is 562 g/mol. The van der Waals surface area contributed by atoms with Gasteiger partial charge in [-0.3, -0.25) is 19.2 Å². The minimum Gasteiger partial charge on any atom is -0.463 e. The monoisotopic (exact) mass is 597 g/mol. The maximum atomic E-state index is 13.2. The van der Waals surface area contributed by atoms with Gasteiger partial charge in [0.2, 0.25) is 18.3 Å². The van der Waals surface area contributed by atoms with Gasteiger partial charge in [-0.1, -0.05) is 36.4 Å². The Hall–Kier alpha value is -4.29. The molecule has 43 heavy (non-hydrogen) atoms. The predicted octanol–water partition coefficient (Wildman–Crippen LogP) is 2.46. The topological polar surface area (TPSA) is 164 Å². The summed E-state index contributed by atoms with van der Waals surface area (Å²) >= 11 is 0. The van der Waals surface area contributed by atoms with Crippen molar-refractivity contribution in [2.24, 2.45) is 0 Å². The van der Waals surface area contributed by atoms with Crippen LogP contribution in [0.25, 0.3) is 0 Å². The smallest absolute Gasteiger partial charge is 0.340 e. The van der Waals surface area contributed by atoms with Gasteiger partial charge in [-0.25, -0.2) is 4.79 Å². The molecule has 4 rings (SSSR count). The van der Waals surface area contributed by atoms with E-state index in [9.17, 15) is 29.1 Å². The van der Waals surface area contributed by atoms with Gasteiger partial charge in [0.05, 0.1) is 11.6 Å². The van der Waals surface area contributed by atoms with Crippen molar-refractivity contribution >= 4 is 29.8 Å². The van der Waals surface area contributed by atoms with E-state index in [4.69, 9.17) is 23.7 Å². The van der Waals surface area contributed by atoms with Gasteiger partial charge >= 0.3 is 23.9 Å². The van der Waals surface area contributed by atoms with E-state index in [1.807, 2.05) is 36.4 Å². The molecule has 1 fully saturated rings. The number of carbonyl (C=O) groups is 5. The molecule has 1 amide bonds. The summed E-state index contributed by atoms with van der Waals surface area (Å²) in [5, 5.41) is 13.8. The lowest BCUT2D eigenvalue weighted by molar-refractivity contribution is -0.292. The van der Waals surface area contributed by atoms with Gasteiger partial charge in [-0.05, 0) is 41.7 Å². The molecule has 1 aliphatic heterocycles. The Morgan fingerprint density at radius 1 is 0.814 bits per heavy atom. The highest BCUT2D eigenvalue weighted by Crippen LogP contribution is 2.41. The van der Waals surface area contributed by atoms with Crippen LogP contribution in [0.15, 0.2) is 48.5 Å². The maximum Gasteiger partial charge on any atom is 0.340 e. The van der Waals surface area contributed by atoms with Crippen LogP contribution in [0.1, 0.15) is 79.5 Å². The molecule has 1 saturated heterocycles. The molecule has 2 N–H and O–H groups in total. The zero-order valence-corrected chi connectivity index (χ0v) is 24.3. The van der Waals surface area contributed by atoms with Crippen molar-refractivity contribution in [3.05, 3.63) is 70.8 Å². The van der Waals surface area contributed by atoms with Crippen molar-refractivity contribution in [3.63, 3.8) is 0 Å². The third-order valence-electron chi connectivity index (χ3n) is 7.31. The van der Waals surface area contributed by atoms with Crippen molar-refractivity contribution in [2.45, 2.75) is 83.2 Å². The van der Waals surface area contributed by atoms with Gasteiger partial charge in [-0.15, -0.1) is 0 Å². The lowest BCUT2D eigenvalue weighted by atomic mass is 9.76. The van der Waals surface area contributed by atoms with E-state index in [2.05, 4.69) is 5.32 Å². The molecular formula is C31H35NO11. The van der Waals surface area contributed by atoms with Crippen LogP contribution in [0.2, 0.25) is 0 Å². The Morgan fingerprint density at radius 3 is 2.05 bits per heavy atom. The minimum atomic E-state index is -1.60. The number of rotatable bonds is 8. The average molecular weight is 598 g/mol. The highest BCUT2D eigenvalue weighted by Gasteiger charge is 2.51. The van der Waals surface area contributed by atoms with E-state index < -0.39 is 61.2 Å². The van der Waals surface area contributed by atoms with Crippen LogP contribution in [0, 0.1) is 0 Å². The Balaban J connectivity index is 1.54. The molecule has 1 heterocycles. The number of carbonyl (C=O) groups excluding carboxylic acids is 5. The molecule has 12 heteroatoms. The average Bonchev–Trinajstić information content (AvgIpc) is 2.95. The van der Waals surface area contributed by atoms with Gasteiger partial charge < -0.3 is 34.1 Å².